The molecule has 4 N–H and O–H groups in total. The predicted molar refractivity (Wildman–Crippen MR) is 134 cm³/mol. The molecule has 0 spiro atoms. The number of aliphatic hydroxyl groups excluding tert-OH is 1. The number of hydrogen-bond acceptors (Lipinski definition) is 4. The van der Waals surface area contributed by atoms with Crippen molar-refractivity contribution in [1.82, 2.24) is 9.47 Å². The molecule has 1 saturated carbocycles. The molecule has 2 fully saturated rings. The molecule has 8 nitrogen and oxygen atoms in total. The summed E-state index contributed by atoms with van der Waals surface area (Å²) in [6.07, 6.45) is 3.02. The van der Waals surface area contributed by atoms with Gasteiger partial charge in [0.15, 0.2) is 5.78 Å². The summed E-state index contributed by atoms with van der Waals surface area (Å²) >= 11 is 5.94. The fourth-order valence-corrected chi connectivity index (χ4v) is 5.60. The number of likely N-dealkylation sites (tertiary alicyclic amines) is 1. The number of halogens is 2. The van der Waals surface area contributed by atoms with Crippen molar-refractivity contribution in [2.45, 2.75) is 43.7 Å². The SMILES string of the molecule is NC(=O)n1cc(NC(=O)N2[C@@H]3C[C@@H]3C[C@H]2C(=O)C[C@H](CCO)c2cccc(Cl)c2F)c2ccccc21. The summed E-state index contributed by atoms with van der Waals surface area (Å²) in [5, 5.41) is 13.0. The van der Waals surface area contributed by atoms with Crippen molar-refractivity contribution in [3.8, 4) is 0 Å². The number of urea groups is 1. The number of carbonyl (C=O) groups is 3. The maximum absolute atomic E-state index is 14.7. The third-order valence-corrected chi connectivity index (χ3v) is 7.54. The number of ketones is 1. The van der Waals surface area contributed by atoms with E-state index in [-0.39, 0.29) is 47.8 Å². The number of anilines is 1. The number of nitrogens with one attached hydrogen (secondary N) is 1. The molecular weight excluding hydrogens is 487 g/mol. The van der Waals surface area contributed by atoms with Gasteiger partial charge in [0.05, 0.1) is 22.3 Å². The van der Waals surface area contributed by atoms with E-state index in [0.717, 1.165) is 6.42 Å². The Morgan fingerprint density at radius 1 is 1.17 bits per heavy atom. The summed E-state index contributed by atoms with van der Waals surface area (Å²) < 4.78 is 15.9. The van der Waals surface area contributed by atoms with Gasteiger partial charge in [0.25, 0.3) is 0 Å². The molecule has 1 saturated heterocycles. The van der Waals surface area contributed by atoms with E-state index in [9.17, 15) is 23.9 Å². The molecule has 4 atom stereocenters. The second-order valence-corrected chi connectivity index (χ2v) is 9.85. The van der Waals surface area contributed by atoms with Gasteiger partial charge in [-0.05, 0) is 48.8 Å². The van der Waals surface area contributed by atoms with Crippen LogP contribution in [0.4, 0.5) is 19.7 Å². The molecule has 1 aromatic heterocycles. The van der Waals surface area contributed by atoms with Crippen LogP contribution in [0.2, 0.25) is 5.02 Å². The van der Waals surface area contributed by atoms with Gasteiger partial charge >= 0.3 is 12.1 Å². The third-order valence-electron chi connectivity index (χ3n) is 7.25. The molecule has 3 amide bonds. The molecule has 1 aliphatic carbocycles. The monoisotopic (exact) mass is 512 g/mol. The van der Waals surface area contributed by atoms with Gasteiger partial charge in [-0.15, -0.1) is 0 Å². The molecule has 5 rings (SSSR count). The highest BCUT2D eigenvalue weighted by atomic mass is 35.5. The summed E-state index contributed by atoms with van der Waals surface area (Å²) in [6.45, 7) is -0.214. The molecule has 10 heteroatoms. The minimum Gasteiger partial charge on any atom is -0.396 e. The Morgan fingerprint density at radius 2 is 1.94 bits per heavy atom. The van der Waals surface area contributed by atoms with Crippen molar-refractivity contribution in [3.05, 3.63) is 65.1 Å². The molecule has 0 unspecified atom stereocenters. The Labute approximate surface area is 211 Å². The highest BCUT2D eigenvalue weighted by Crippen LogP contribution is 2.49. The Kier molecular flexibility index (Phi) is 6.44. The van der Waals surface area contributed by atoms with Crippen LogP contribution in [-0.4, -0.2) is 51.1 Å². The van der Waals surface area contributed by atoms with Gasteiger partial charge in [0.1, 0.15) is 5.82 Å². The van der Waals surface area contributed by atoms with Crippen LogP contribution >= 0.6 is 11.6 Å². The third kappa shape index (κ3) is 4.33. The molecule has 2 aromatic carbocycles. The predicted octanol–water partition coefficient (Wildman–Crippen LogP) is 4.48. The van der Waals surface area contributed by atoms with Gasteiger partial charge in [-0.3, -0.25) is 9.36 Å². The second kappa shape index (κ2) is 9.55. The molecule has 2 heterocycles. The largest absolute Gasteiger partial charge is 0.396 e. The van der Waals surface area contributed by atoms with E-state index in [1.54, 1.807) is 41.3 Å². The zero-order valence-electron chi connectivity index (χ0n) is 19.4. The minimum absolute atomic E-state index is 0.0211. The summed E-state index contributed by atoms with van der Waals surface area (Å²) in [4.78, 5) is 40.2. The number of amides is 3. The van der Waals surface area contributed by atoms with Crippen molar-refractivity contribution in [1.29, 1.82) is 0 Å². The molecule has 0 radical (unpaired) electrons. The van der Waals surface area contributed by atoms with Gasteiger partial charge in [-0.1, -0.05) is 41.9 Å². The van der Waals surface area contributed by atoms with Crippen molar-refractivity contribution in [2.24, 2.45) is 11.7 Å². The Hall–Kier alpha value is -3.43. The number of nitrogens with zero attached hydrogens (tertiary/aromatic N) is 2. The van der Waals surface area contributed by atoms with Crippen molar-refractivity contribution in [2.75, 3.05) is 11.9 Å². The zero-order chi connectivity index (χ0) is 25.6. The van der Waals surface area contributed by atoms with Crippen LogP contribution in [0.3, 0.4) is 0 Å². The van der Waals surface area contributed by atoms with E-state index in [1.807, 2.05) is 0 Å². The summed E-state index contributed by atoms with van der Waals surface area (Å²) in [7, 11) is 0. The number of piperidine rings is 1. The van der Waals surface area contributed by atoms with E-state index < -0.39 is 29.8 Å². The van der Waals surface area contributed by atoms with Crippen molar-refractivity contribution >= 4 is 46.0 Å². The van der Waals surface area contributed by atoms with Crippen molar-refractivity contribution < 1.29 is 23.9 Å². The topological polar surface area (TPSA) is 118 Å². The van der Waals surface area contributed by atoms with Crippen LogP contribution in [0.15, 0.2) is 48.7 Å². The fraction of sp³-hybridized carbons (Fsp3) is 0.346. The summed E-state index contributed by atoms with van der Waals surface area (Å²) in [5.74, 6) is -1.10. The van der Waals surface area contributed by atoms with E-state index in [0.29, 0.717) is 23.0 Å². The highest BCUT2D eigenvalue weighted by molar-refractivity contribution is 6.30. The first-order chi connectivity index (χ1) is 17.3. The number of primary amides is 1. The number of Topliss-reactive ketones (excluding diaryl/α,β-unsaturated/α-hetero) is 1. The lowest BCUT2D eigenvalue weighted by molar-refractivity contribution is -0.123. The molecule has 188 valence electrons. The molecular formula is C26H26ClFN4O4. The van der Waals surface area contributed by atoms with Gasteiger partial charge in [0.2, 0.25) is 0 Å². The smallest absolute Gasteiger partial charge is 0.323 e. The summed E-state index contributed by atoms with van der Waals surface area (Å²) in [6, 6.07) is 9.88. The molecule has 3 aromatic rings. The second-order valence-electron chi connectivity index (χ2n) is 9.44. The number of hydrogen-bond donors (Lipinski definition) is 3. The van der Waals surface area contributed by atoms with E-state index in [1.165, 1.54) is 16.8 Å². The molecule has 1 aliphatic heterocycles. The number of aliphatic hydroxyl groups is 1. The quantitative estimate of drug-likeness (QED) is 0.432. The first-order valence-electron chi connectivity index (χ1n) is 11.9. The normalized spacial score (nSPS) is 21.3. The van der Waals surface area contributed by atoms with Crippen LogP contribution in [0.25, 0.3) is 10.9 Å². The number of nitrogens with two attached hydrogens (primary N) is 1. The summed E-state index contributed by atoms with van der Waals surface area (Å²) in [5.41, 5.74) is 6.74. The number of carbonyl (C=O) groups excluding carboxylic acids is 3. The molecule has 36 heavy (non-hydrogen) atoms. The van der Waals surface area contributed by atoms with Crippen molar-refractivity contribution in [3.63, 3.8) is 0 Å². The zero-order valence-corrected chi connectivity index (χ0v) is 20.1. The fourth-order valence-electron chi connectivity index (χ4n) is 5.42. The van der Waals surface area contributed by atoms with Crippen LogP contribution in [0, 0.1) is 11.7 Å². The van der Waals surface area contributed by atoms with Crippen LogP contribution in [-0.2, 0) is 4.79 Å². The van der Waals surface area contributed by atoms with Crippen LogP contribution in [0.1, 0.15) is 37.2 Å². The maximum Gasteiger partial charge on any atom is 0.323 e. The van der Waals surface area contributed by atoms with Crippen LogP contribution < -0.4 is 11.1 Å². The van der Waals surface area contributed by atoms with Gasteiger partial charge < -0.3 is 21.1 Å². The van der Waals surface area contributed by atoms with Gasteiger partial charge in [0, 0.05) is 30.7 Å². The number of rotatable bonds is 7. The van der Waals surface area contributed by atoms with Gasteiger partial charge in [-0.2, -0.15) is 0 Å². The minimum atomic E-state index is -0.675. The number of fused-ring (bicyclic) bond motifs is 2. The first-order valence-corrected chi connectivity index (χ1v) is 12.2. The Balaban J connectivity index is 1.37. The average Bonchev–Trinajstić information content (AvgIpc) is 3.35. The number of aromatic nitrogens is 1. The average molecular weight is 513 g/mol. The Morgan fingerprint density at radius 3 is 2.69 bits per heavy atom. The Bertz CT molecular complexity index is 1360. The lowest BCUT2D eigenvalue weighted by Gasteiger charge is -2.28. The maximum atomic E-state index is 14.7. The number of benzene rings is 2. The molecule has 0 bridgehead atoms. The standard InChI is InChI=1S/C26H26ClFN4O4/c27-18-6-3-5-16(24(18)28)14(8-9-33)12-23(34)22-11-15-10-21(15)32(22)26(36)30-19-13-31(25(29)35)20-7-2-1-4-17(19)20/h1-7,13-15,21-22,33H,8-12H2,(H2,29,35)(H,30,36)/t14-,15+,21+,22-/m0/s1. The lowest BCUT2D eigenvalue weighted by atomic mass is 9.88. The van der Waals surface area contributed by atoms with E-state index in [4.69, 9.17) is 17.3 Å². The first kappa shape index (κ1) is 24.3. The van der Waals surface area contributed by atoms with E-state index >= 15 is 0 Å². The number of para-hydroxylation sites is 1. The highest BCUT2D eigenvalue weighted by Gasteiger charge is 2.56. The van der Waals surface area contributed by atoms with Gasteiger partial charge in [-0.25, -0.2) is 14.0 Å². The molecule has 2 aliphatic rings. The lowest BCUT2D eigenvalue weighted by Crippen LogP contribution is -2.45. The van der Waals surface area contributed by atoms with Crippen LogP contribution in [0.5, 0.6) is 0 Å². The van der Waals surface area contributed by atoms with E-state index in [2.05, 4.69) is 5.32 Å².